The molecule has 0 saturated carbocycles. The Kier molecular flexibility index (Phi) is 3.96. The van der Waals surface area contributed by atoms with E-state index in [1.54, 1.807) is 24.1 Å². The lowest BCUT2D eigenvalue weighted by Crippen LogP contribution is -2.15. The van der Waals surface area contributed by atoms with Crippen LogP contribution in [-0.2, 0) is 0 Å². The quantitative estimate of drug-likeness (QED) is 0.902. The molecular weight excluding hydrogens is 256 g/mol. The van der Waals surface area contributed by atoms with Gasteiger partial charge < -0.3 is 15.0 Å². The maximum Gasteiger partial charge on any atom is 0.322 e. The van der Waals surface area contributed by atoms with Crippen molar-refractivity contribution in [3.05, 3.63) is 29.8 Å². The average Bonchev–Trinajstić information content (AvgIpc) is 2.53. The number of ether oxygens (including phenoxy) is 1. The van der Waals surface area contributed by atoms with Crippen LogP contribution in [0.15, 0.2) is 24.3 Å². The monoisotopic (exact) mass is 270 g/mol. The Morgan fingerprint density at radius 3 is 2.45 bits per heavy atom. The molecular formula is C13H14N6O. The maximum atomic E-state index is 8.80. The van der Waals surface area contributed by atoms with Crippen LogP contribution in [0.4, 0.5) is 17.6 Å². The molecule has 0 bridgehead atoms. The second kappa shape index (κ2) is 5.84. The van der Waals surface area contributed by atoms with Gasteiger partial charge in [-0.2, -0.15) is 20.2 Å². The van der Waals surface area contributed by atoms with Gasteiger partial charge in [0.1, 0.15) is 0 Å². The van der Waals surface area contributed by atoms with Crippen LogP contribution in [0.25, 0.3) is 0 Å². The molecule has 0 radical (unpaired) electrons. The smallest absolute Gasteiger partial charge is 0.322 e. The van der Waals surface area contributed by atoms with E-state index in [-0.39, 0.29) is 6.01 Å². The van der Waals surface area contributed by atoms with Crippen LogP contribution in [0.3, 0.4) is 0 Å². The molecule has 0 spiro atoms. The number of nitrogens with one attached hydrogen (secondary N) is 1. The first-order valence-corrected chi connectivity index (χ1v) is 5.89. The lowest BCUT2D eigenvalue weighted by atomic mass is 10.2. The molecule has 0 aliphatic rings. The van der Waals surface area contributed by atoms with Crippen LogP contribution in [0.2, 0.25) is 0 Å². The molecule has 1 aromatic carbocycles. The van der Waals surface area contributed by atoms with Crippen molar-refractivity contribution in [1.29, 1.82) is 5.26 Å². The molecule has 2 rings (SSSR count). The van der Waals surface area contributed by atoms with Crippen molar-refractivity contribution in [3.8, 4) is 12.1 Å². The largest absolute Gasteiger partial charge is 0.467 e. The van der Waals surface area contributed by atoms with Gasteiger partial charge in [-0.15, -0.1) is 0 Å². The number of nitriles is 1. The number of nitrogens with zero attached hydrogens (tertiary/aromatic N) is 5. The number of hydrogen-bond acceptors (Lipinski definition) is 7. The van der Waals surface area contributed by atoms with Crippen molar-refractivity contribution in [1.82, 2.24) is 15.0 Å². The fourth-order valence-corrected chi connectivity index (χ4v) is 1.57. The number of methoxy groups -OCH3 is 1. The summed E-state index contributed by atoms with van der Waals surface area (Å²) in [6.45, 7) is 0. The van der Waals surface area contributed by atoms with Crippen molar-refractivity contribution < 1.29 is 4.74 Å². The first-order chi connectivity index (χ1) is 9.67. The minimum atomic E-state index is 0.236. The van der Waals surface area contributed by atoms with Gasteiger partial charge in [-0.3, -0.25) is 0 Å². The summed E-state index contributed by atoms with van der Waals surface area (Å²) in [5, 5.41) is 11.7. The fraction of sp³-hybridized carbons (Fsp3) is 0.231. The minimum absolute atomic E-state index is 0.236. The van der Waals surface area contributed by atoms with Gasteiger partial charge in [0.05, 0.1) is 18.7 Å². The summed E-state index contributed by atoms with van der Waals surface area (Å²) in [5.41, 5.74) is 1.46. The summed E-state index contributed by atoms with van der Waals surface area (Å²) >= 11 is 0. The molecule has 1 aromatic heterocycles. The standard InChI is InChI=1S/C13H14N6O/c1-15-11-16-12(18-13(17-11)20-3)19(2)10-6-4-9(8-14)5-7-10/h4-7H,1-3H3,(H,15,16,17,18). The van der Waals surface area contributed by atoms with E-state index in [1.165, 1.54) is 7.11 Å². The van der Waals surface area contributed by atoms with Crippen molar-refractivity contribution >= 4 is 17.6 Å². The molecule has 0 amide bonds. The van der Waals surface area contributed by atoms with Crippen LogP contribution in [0.1, 0.15) is 5.56 Å². The predicted molar refractivity (Wildman–Crippen MR) is 75.1 cm³/mol. The van der Waals surface area contributed by atoms with Gasteiger partial charge in [-0.25, -0.2) is 0 Å². The highest BCUT2D eigenvalue weighted by Crippen LogP contribution is 2.22. The van der Waals surface area contributed by atoms with Crippen molar-refractivity contribution in [2.45, 2.75) is 0 Å². The third-order valence-corrected chi connectivity index (χ3v) is 2.69. The molecule has 2 aromatic rings. The molecule has 0 aliphatic heterocycles. The third-order valence-electron chi connectivity index (χ3n) is 2.69. The Bertz CT molecular complexity index is 612. The molecule has 0 aliphatic carbocycles. The van der Waals surface area contributed by atoms with Gasteiger partial charge in [0.2, 0.25) is 11.9 Å². The summed E-state index contributed by atoms with van der Waals surface area (Å²) in [6, 6.07) is 9.45. The van der Waals surface area contributed by atoms with Gasteiger partial charge >= 0.3 is 6.01 Å². The van der Waals surface area contributed by atoms with Gasteiger partial charge in [-0.1, -0.05) is 0 Å². The highest BCUT2D eigenvalue weighted by atomic mass is 16.5. The Morgan fingerprint density at radius 2 is 1.90 bits per heavy atom. The zero-order valence-electron chi connectivity index (χ0n) is 11.5. The lowest BCUT2D eigenvalue weighted by molar-refractivity contribution is 0.379. The van der Waals surface area contributed by atoms with Crippen LogP contribution < -0.4 is 15.0 Å². The second-order valence-electron chi connectivity index (χ2n) is 3.91. The van der Waals surface area contributed by atoms with Crippen LogP contribution >= 0.6 is 0 Å². The summed E-state index contributed by atoms with van der Waals surface area (Å²) in [4.78, 5) is 14.3. The van der Waals surface area contributed by atoms with Crippen molar-refractivity contribution in [2.75, 3.05) is 31.4 Å². The highest BCUT2D eigenvalue weighted by Gasteiger charge is 2.11. The molecule has 7 heteroatoms. The first kappa shape index (κ1) is 13.5. The molecule has 1 N–H and O–H groups in total. The zero-order chi connectivity index (χ0) is 14.5. The first-order valence-electron chi connectivity index (χ1n) is 5.89. The number of hydrogen-bond donors (Lipinski definition) is 1. The van der Waals surface area contributed by atoms with Crippen LogP contribution in [0, 0.1) is 11.3 Å². The fourth-order valence-electron chi connectivity index (χ4n) is 1.57. The van der Waals surface area contributed by atoms with E-state index in [1.807, 2.05) is 19.2 Å². The predicted octanol–water partition coefficient (Wildman–Crippen LogP) is 1.56. The number of aromatic nitrogens is 3. The normalized spacial score (nSPS) is 9.70. The molecule has 102 valence electrons. The molecule has 20 heavy (non-hydrogen) atoms. The maximum absolute atomic E-state index is 8.80. The summed E-state index contributed by atoms with van der Waals surface area (Å²) in [5.74, 6) is 0.873. The molecule has 0 saturated heterocycles. The van der Waals surface area contributed by atoms with Crippen molar-refractivity contribution in [2.24, 2.45) is 0 Å². The summed E-state index contributed by atoms with van der Waals surface area (Å²) in [7, 11) is 5.05. The zero-order valence-corrected chi connectivity index (χ0v) is 11.5. The van der Waals surface area contributed by atoms with E-state index in [2.05, 4.69) is 26.3 Å². The minimum Gasteiger partial charge on any atom is -0.467 e. The Morgan fingerprint density at radius 1 is 1.20 bits per heavy atom. The molecule has 0 fully saturated rings. The van der Waals surface area contributed by atoms with Gasteiger partial charge in [-0.05, 0) is 24.3 Å². The Labute approximate surface area is 116 Å². The molecule has 0 unspecified atom stereocenters. The van der Waals surface area contributed by atoms with Crippen molar-refractivity contribution in [3.63, 3.8) is 0 Å². The van der Waals surface area contributed by atoms with E-state index in [9.17, 15) is 0 Å². The second-order valence-corrected chi connectivity index (χ2v) is 3.91. The third kappa shape index (κ3) is 2.75. The van der Waals surface area contributed by atoms with E-state index in [4.69, 9.17) is 10.00 Å². The average molecular weight is 270 g/mol. The number of rotatable bonds is 4. The molecule has 0 atom stereocenters. The summed E-state index contributed by atoms with van der Waals surface area (Å²) < 4.78 is 5.05. The van der Waals surface area contributed by atoms with Gasteiger partial charge in [0.15, 0.2) is 0 Å². The Balaban J connectivity index is 2.36. The molecule has 7 nitrogen and oxygen atoms in total. The topological polar surface area (TPSA) is 87.0 Å². The van der Waals surface area contributed by atoms with Gasteiger partial charge in [0.25, 0.3) is 0 Å². The highest BCUT2D eigenvalue weighted by molar-refractivity contribution is 5.58. The molecule has 1 heterocycles. The van der Waals surface area contributed by atoms with E-state index in [0.29, 0.717) is 17.5 Å². The van der Waals surface area contributed by atoms with Crippen LogP contribution in [0.5, 0.6) is 6.01 Å². The van der Waals surface area contributed by atoms with Crippen LogP contribution in [-0.4, -0.2) is 36.2 Å². The number of benzene rings is 1. The Hall–Kier alpha value is -2.88. The van der Waals surface area contributed by atoms with E-state index < -0.39 is 0 Å². The number of anilines is 3. The lowest BCUT2D eigenvalue weighted by Gasteiger charge is -2.17. The SMILES string of the molecule is CNc1nc(OC)nc(N(C)c2ccc(C#N)cc2)n1. The van der Waals surface area contributed by atoms with E-state index in [0.717, 1.165) is 5.69 Å². The summed E-state index contributed by atoms with van der Waals surface area (Å²) in [6.07, 6.45) is 0. The van der Waals surface area contributed by atoms with E-state index >= 15 is 0 Å². The van der Waals surface area contributed by atoms with Gasteiger partial charge in [0, 0.05) is 19.8 Å².